The molecule has 0 spiro atoms. The number of hydrogen-bond donors (Lipinski definition) is 3. The lowest BCUT2D eigenvalue weighted by Crippen LogP contribution is -2.54. The minimum atomic E-state index is -0.571. The zero-order valence-electron chi connectivity index (χ0n) is 23.5. The second-order valence-electron chi connectivity index (χ2n) is 9.73. The first kappa shape index (κ1) is 34.4. The fourth-order valence-corrected chi connectivity index (χ4v) is 3.35. The lowest BCUT2D eigenvalue weighted by atomic mass is 9.96. The van der Waals surface area contributed by atoms with E-state index >= 15 is 0 Å². The number of nitrogens with one attached hydrogen (secondary N) is 3. The Kier molecular flexibility index (Phi) is 20.5. The van der Waals surface area contributed by atoms with Crippen molar-refractivity contribution in [2.75, 3.05) is 59.9 Å². The van der Waals surface area contributed by atoms with Crippen LogP contribution in [-0.4, -0.2) is 95.6 Å². The Hall–Kier alpha value is -1.59. The molecule has 0 aliphatic heterocycles. The highest BCUT2D eigenvalue weighted by atomic mass is 16.6. The molecule has 0 aliphatic carbocycles. The van der Waals surface area contributed by atoms with Crippen molar-refractivity contribution in [1.29, 1.82) is 0 Å². The molecule has 0 aliphatic rings. The maximum Gasteiger partial charge on any atom is 0.237 e. The molecule has 0 bridgehead atoms. The SMILES string of the molecule is COCCOCCOCCOCCC(=O)NCCC[C@H](NC(=O)[C@@H](NC(C)C)C(C)C)C(=O)C(C)C. The third-order valence-corrected chi connectivity index (χ3v) is 5.33. The predicted octanol–water partition coefficient (Wildman–Crippen LogP) is 1.70. The molecule has 0 aromatic rings. The van der Waals surface area contributed by atoms with E-state index < -0.39 is 6.04 Å². The highest BCUT2D eigenvalue weighted by Crippen LogP contribution is 2.09. The molecule has 36 heavy (non-hydrogen) atoms. The van der Waals surface area contributed by atoms with E-state index in [0.717, 1.165) is 0 Å². The Balaban J connectivity index is 4.19. The summed E-state index contributed by atoms with van der Waals surface area (Å²) in [6.07, 6.45) is 1.31. The Bertz CT molecular complexity index is 600. The molecular formula is C26H51N3O7. The topological polar surface area (TPSA) is 124 Å². The fourth-order valence-electron chi connectivity index (χ4n) is 3.35. The van der Waals surface area contributed by atoms with Crippen LogP contribution in [-0.2, 0) is 33.3 Å². The maximum atomic E-state index is 12.9. The predicted molar refractivity (Wildman–Crippen MR) is 140 cm³/mol. The summed E-state index contributed by atoms with van der Waals surface area (Å²) in [6.45, 7) is 15.3. The largest absolute Gasteiger partial charge is 0.382 e. The summed E-state index contributed by atoms with van der Waals surface area (Å²) in [6, 6.07) is -0.787. The van der Waals surface area contributed by atoms with Crippen LogP contribution >= 0.6 is 0 Å². The van der Waals surface area contributed by atoms with Crippen LogP contribution in [0.25, 0.3) is 0 Å². The molecule has 10 nitrogen and oxygen atoms in total. The van der Waals surface area contributed by atoms with Crippen LogP contribution < -0.4 is 16.0 Å². The van der Waals surface area contributed by atoms with Crippen LogP contribution in [0.15, 0.2) is 0 Å². The highest BCUT2D eigenvalue weighted by Gasteiger charge is 2.28. The normalized spacial score (nSPS) is 13.3. The number of ether oxygens (including phenoxy) is 4. The van der Waals surface area contributed by atoms with Gasteiger partial charge in [-0.15, -0.1) is 0 Å². The van der Waals surface area contributed by atoms with Crippen molar-refractivity contribution in [3.8, 4) is 0 Å². The number of amides is 2. The van der Waals surface area contributed by atoms with Crippen LogP contribution in [0.2, 0.25) is 0 Å². The molecule has 0 saturated heterocycles. The van der Waals surface area contributed by atoms with Crippen molar-refractivity contribution in [1.82, 2.24) is 16.0 Å². The number of carbonyl (C=O) groups excluding carboxylic acids is 3. The van der Waals surface area contributed by atoms with E-state index in [1.54, 1.807) is 7.11 Å². The third kappa shape index (κ3) is 17.8. The molecule has 0 heterocycles. The Labute approximate surface area is 217 Å². The van der Waals surface area contributed by atoms with Gasteiger partial charge in [-0.1, -0.05) is 41.5 Å². The Morgan fingerprint density at radius 2 is 1.33 bits per heavy atom. The second-order valence-corrected chi connectivity index (χ2v) is 9.73. The Morgan fingerprint density at radius 1 is 0.778 bits per heavy atom. The zero-order valence-corrected chi connectivity index (χ0v) is 23.5. The minimum absolute atomic E-state index is 0.00103. The van der Waals surface area contributed by atoms with Crippen molar-refractivity contribution in [2.24, 2.45) is 11.8 Å². The van der Waals surface area contributed by atoms with E-state index in [1.165, 1.54) is 0 Å². The van der Waals surface area contributed by atoms with Gasteiger partial charge in [0.25, 0.3) is 0 Å². The van der Waals surface area contributed by atoms with Crippen LogP contribution in [0, 0.1) is 11.8 Å². The molecule has 212 valence electrons. The third-order valence-electron chi connectivity index (χ3n) is 5.33. The molecule has 0 radical (unpaired) electrons. The lowest BCUT2D eigenvalue weighted by Gasteiger charge is -2.27. The highest BCUT2D eigenvalue weighted by molar-refractivity contribution is 5.91. The smallest absolute Gasteiger partial charge is 0.237 e. The zero-order chi connectivity index (χ0) is 27.3. The molecule has 0 aromatic carbocycles. The van der Waals surface area contributed by atoms with Gasteiger partial charge in [0.1, 0.15) is 0 Å². The molecule has 0 saturated carbocycles. The van der Waals surface area contributed by atoms with Gasteiger partial charge in [-0.05, 0) is 18.8 Å². The number of ketones is 1. The molecule has 3 N–H and O–H groups in total. The number of hydrogen-bond acceptors (Lipinski definition) is 8. The summed E-state index contributed by atoms with van der Waals surface area (Å²) >= 11 is 0. The lowest BCUT2D eigenvalue weighted by molar-refractivity contribution is -0.131. The summed E-state index contributed by atoms with van der Waals surface area (Å²) < 4.78 is 21.0. The summed E-state index contributed by atoms with van der Waals surface area (Å²) in [5.41, 5.74) is 0. The number of methoxy groups -OCH3 is 1. The fraction of sp³-hybridized carbons (Fsp3) is 0.885. The van der Waals surface area contributed by atoms with Crippen LogP contribution in [0.5, 0.6) is 0 Å². The van der Waals surface area contributed by atoms with Crippen molar-refractivity contribution in [2.45, 2.75) is 78.9 Å². The molecular weight excluding hydrogens is 466 g/mol. The maximum absolute atomic E-state index is 12.9. The number of Topliss-reactive ketones (excluding diaryl/α,β-unsaturated/α-hetero) is 1. The average molecular weight is 518 g/mol. The summed E-state index contributed by atoms with van der Waals surface area (Å²) in [7, 11) is 1.63. The minimum Gasteiger partial charge on any atom is -0.382 e. The van der Waals surface area contributed by atoms with Gasteiger partial charge < -0.3 is 34.9 Å². The van der Waals surface area contributed by atoms with Crippen molar-refractivity contribution >= 4 is 17.6 Å². The van der Waals surface area contributed by atoms with Crippen molar-refractivity contribution in [3.05, 3.63) is 0 Å². The van der Waals surface area contributed by atoms with Crippen LogP contribution in [0.3, 0.4) is 0 Å². The van der Waals surface area contributed by atoms with E-state index in [1.807, 2.05) is 41.5 Å². The molecule has 2 amide bonds. The van der Waals surface area contributed by atoms with Crippen molar-refractivity contribution < 1.29 is 33.3 Å². The first-order chi connectivity index (χ1) is 17.1. The summed E-state index contributed by atoms with van der Waals surface area (Å²) in [5.74, 6) is -0.375. The number of carbonyl (C=O) groups is 3. The first-order valence-electron chi connectivity index (χ1n) is 13.2. The van der Waals surface area contributed by atoms with E-state index in [0.29, 0.717) is 65.6 Å². The molecule has 0 rings (SSSR count). The van der Waals surface area contributed by atoms with Gasteiger partial charge in [-0.2, -0.15) is 0 Å². The quantitative estimate of drug-likeness (QED) is 0.175. The van der Waals surface area contributed by atoms with Gasteiger partial charge in [0, 0.05) is 32.0 Å². The standard InChI is InChI=1S/C26H51N3O7/c1-19(2)24(28-21(5)6)26(32)29-22(25(31)20(3)4)9-8-11-27-23(30)10-12-34-15-16-36-18-17-35-14-13-33-7/h19-22,24,28H,8-18H2,1-7H3,(H,27,30)(H,29,32)/t22-,24-/m0/s1. The molecule has 0 fully saturated rings. The van der Waals surface area contributed by atoms with Crippen LogP contribution in [0.4, 0.5) is 0 Å². The Morgan fingerprint density at radius 3 is 1.83 bits per heavy atom. The first-order valence-corrected chi connectivity index (χ1v) is 13.2. The van der Waals surface area contributed by atoms with E-state index in [-0.39, 0.29) is 47.9 Å². The van der Waals surface area contributed by atoms with Crippen LogP contribution in [0.1, 0.15) is 60.8 Å². The average Bonchev–Trinajstić information content (AvgIpc) is 2.81. The molecule has 2 atom stereocenters. The molecule has 0 aromatic heterocycles. The second kappa shape index (κ2) is 21.5. The molecule has 10 heteroatoms. The van der Waals surface area contributed by atoms with E-state index in [9.17, 15) is 14.4 Å². The van der Waals surface area contributed by atoms with Gasteiger partial charge >= 0.3 is 0 Å². The molecule has 0 unspecified atom stereocenters. The summed E-state index contributed by atoms with van der Waals surface area (Å²) in [5, 5.41) is 9.06. The summed E-state index contributed by atoms with van der Waals surface area (Å²) in [4.78, 5) is 37.6. The number of rotatable bonds is 23. The van der Waals surface area contributed by atoms with Crippen molar-refractivity contribution in [3.63, 3.8) is 0 Å². The van der Waals surface area contributed by atoms with Gasteiger partial charge in [-0.3, -0.25) is 14.4 Å². The van der Waals surface area contributed by atoms with Gasteiger partial charge in [0.15, 0.2) is 5.78 Å². The van der Waals surface area contributed by atoms with Gasteiger partial charge in [0.05, 0.1) is 58.3 Å². The van der Waals surface area contributed by atoms with Gasteiger partial charge in [0.2, 0.25) is 11.8 Å². The van der Waals surface area contributed by atoms with E-state index in [4.69, 9.17) is 18.9 Å². The van der Waals surface area contributed by atoms with E-state index in [2.05, 4.69) is 16.0 Å². The monoisotopic (exact) mass is 517 g/mol. The van der Waals surface area contributed by atoms with Gasteiger partial charge in [-0.25, -0.2) is 0 Å².